The van der Waals surface area contributed by atoms with Gasteiger partial charge >= 0.3 is 0 Å². The van der Waals surface area contributed by atoms with Gasteiger partial charge in [-0.15, -0.1) is 11.3 Å². The molecule has 0 aliphatic rings. The maximum absolute atomic E-state index is 5.07. The van der Waals surface area contributed by atoms with Gasteiger partial charge < -0.3 is 9.73 Å². The summed E-state index contributed by atoms with van der Waals surface area (Å²) in [5.74, 6) is 0. The molecule has 3 nitrogen and oxygen atoms in total. The Morgan fingerprint density at radius 3 is 2.94 bits per heavy atom. The van der Waals surface area contributed by atoms with Crippen LogP contribution in [0.3, 0.4) is 0 Å². The molecule has 0 spiro atoms. The predicted octanol–water partition coefficient (Wildman–Crippen LogP) is 3.21. The highest BCUT2D eigenvalue weighted by molar-refractivity contribution is 7.15. The first-order chi connectivity index (χ1) is 7.66. The van der Waals surface area contributed by atoms with Crippen LogP contribution in [0.5, 0.6) is 0 Å². The quantitative estimate of drug-likeness (QED) is 0.885. The fourth-order valence-corrected chi connectivity index (χ4v) is 2.40. The molecule has 0 atom stereocenters. The monoisotopic (exact) mass is 236 g/mol. The lowest BCUT2D eigenvalue weighted by Gasteiger charge is -2.05. The molecule has 2 aromatic heterocycles. The third-order valence-electron chi connectivity index (χ3n) is 2.33. The van der Waals surface area contributed by atoms with Crippen LogP contribution in [-0.2, 0) is 6.54 Å². The molecule has 0 unspecified atom stereocenters. The predicted molar refractivity (Wildman–Crippen MR) is 66.5 cm³/mol. The Hall–Kier alpha value is -1.13. The first-order valence-electron chi connectivity index (χ1n) is 5.39. The van der Waals surface area contributed by atoms with Gasteiger partial charge in [0.15, 0.2) is 0 Å². The van der Waals surface area contributed by atoms with E-state index in [2.05, 4.69) is 31.1 Å². The lowest BCUT2D eigenvalue weighted by atomic mass is 10.3. The zero-order valence-electron chi connectivity index (χ0n) is 9.78. The first-order valence-corrected chi connectivity index (χ1v) is 6.20. The Morgan fingerprint density at radius 2 is 2.31 bits per heavy atom. The average Bonchev–Trinajstić information content (AvgIpc) is 2.83. The Labute approximate surface area is 99.5 Å². The third kappa shape index (κ3) is 2.51. The highest BCUT2D eigenvalue weighted by atomic mass is 32.1. The number of nitrogens with one attached hydrogen (secondary N) is 1. The number of hydrogen-bond acceptors (Lipinski definition) is 4. The SMILES string of the molecule is Cc1nc(-c2ccoc2)sc1CNC(C)C. The zero-order chi connectivity index (χ0) is 11.5. The summed E-state index contributed by atoms with van der Waals surface area (Å²) in [4.78, 5) is 5.85. The summed E-state index contributed by atoms with van der Waals surface area (Å²) in [6.07, 6.45) is 3.41. The summed E-state index contributed by atoms with van der Waals surface area (Å²) >= 11 is 1.73. The van der Waals surface area contributed by atoms with Crippen LogP contribution in [0.1, 0.15) is 24.4 Å². The van der Waals surface area contributed by atoms with Crippen molar-refractivity contribution < 1.29 is 4.42 Å². The van der Waals surface area contributed by atoms with Crippen LogP contribution >= 0.6 is 11.3 Å². The highest BCUT2D eigenvalue weighted by Gasteiger charge is 2.10. The second kappa shape index (κ2) is 4.80. The standard InChI is InChI=1S/C12H16N2OS/c1-8(2)13-6-11-9(3)14-12(16-11)10-4-5-15-7-10/h4-5,7-8,13H,6H2,1-3H3. The number of rotatable bonds is 4. The van der Waals surface area contributed by atoms with Crippen LogP contribution < -0.4 is 5.32 Å². The number of hydrogen-bond donors (Lipinski definition) is 1. The van der Waals surface area contributed by atoms with Crippen molar-refractivity contribution in [2.75, 3.05) is 0 Å². The van der Waals surface area contributed by atoms with E-state index in [0.29, 0.717) is 6.04 Å². The van der Waals surface area contributed by atoms with Crippen LogP contribution in [-0.4, -0.2) is 11.0 Å². The van der Waals surface area contributed by atoms with E-state index in [0.717, 1.165) is 22.8 Å². The maximum Gasteiger partial charge on any atom is 0.127 e. The fraction of sp³-hybridized carbons (Fsp3) is 0.417. The van der Waals surface area contributed by atoms with E-state index in [4.69, 9.17) is 4.42 Å². The van der Waals surface area contributed by atoms with E-state index in [-0.39, 0.29) is 0 Å². The van der Waals surface area contributed by atoms with Crippen LogP contribution in [0.25, 0.3) is 10.6 Å². The Morgan fingerprint density at radius 1 is 1.50 bits per heavy atom. The van der Waals surface area contributed by atoms with E-state index in [1.807, 2.05) is 6.07 Å². The van der Waals surface area contributed by atoms with E-state index < -0.39 is 0 Å². The molecular formula is C12H16N2OS. The summed E-state index contributed by atoms with van der Waals surface area (Å²) in [5.41, 5.74) is 2.17. The second-order valence-corrected chi connectivity index (χ2v) is 5.16. The summed E-state index contributed by atoms with van der Waals surface area (Å²) in [5, 5.41) is 4.44. The molecule has 2 heterocycles. The molecule has 0 bridgehead atoms. The molecule has 0 aromatic carbocycles. The summed E-state index contributed by atoms with van der Waals surface area (Å²) in [6.45, 7) is 7.23. The van der Waals surface area contributed by atoms with Gasteiger partial charge in [0.1, 0.15) is 11.3 Å². The molecule has 0 fully saturated rings. The van der Waals surface area contributed by atoms with Crippen molar-refractivity contribution in [3.05, 3.63) is 29.2 Å². The van der Waals surface area contributed by atoms with Gasteiger partial charge in [0.2, 0.25) is 0 Å². The molecule has 0 saturated carbocycles. The second-order valence-electron chi connectivity index (χ2n) is 4.08. The Kier molecular flexibility index (Phi) is 3.41. The van der Waals surface area contributed by atoms with Crippen LogP contribution in [0.15, 0.2) is 23.0 Å². The lowest BCUT2D eigenvalue weighted by Crippen LogP contribution is -2.21. The molecule has 2 rings (SSSR count). The van der Waals surface area contributed by atoms with Crippen molar-refractivity contribution in [3.63, 3.8) is 0 Å². The van der Waals surface area contributed by atoms with E-state index in [1.54, 1.807) is 23.9 Å². The van der Waals surface area contributed by atoms with Crippen molar-refractivity contribution in [1.82, 2.24) is 10.3 Å². The fourth-order valence-electron chi connectivity index (χ4n) is 1.40. The van der Waals surface area contributed by atoms with Crippen molar-refractivity contribution in [2.45, 2.75) is 33.4 Å². The lowest BCUT2D eigenvalue weighted by molar-refractivity contribution is 0.568. The molecule has 2 aromatic rings. The largest absolute Gasteiger partial charge is 0.472 e. The van der Waals surface area contributed by atoms with Gasteiger partial charge in [0.25, 0.3) is 0 Å². The zero-order valence-corrected chi connectivity index (χ0v) is 10.6. The molecule has 16 heavy (non-hydrogen) atoms. The van der Waals surface area contributed by atoms with Gasteiger partial charge in [-0.1, -0.05) is 13.8 Å². The normalized spacial score (nSPS) is 11.2. The van der Waals surface area contributed by atoms with Crippen LogP contribution in [0.2, 0.25) is 0 Å². The van der Waals surface area contributed by atoms with Crippen LogP contribution in [0, 0.1) is 6.92 Å². The van der Waals surface area contributed by atoms with Crippen molar-refractivity contribution in [2.24, 2.45) is 0 Å². The molecule has 0 saturated heterocycles. The van der Waals surface area contributed by atoms with Gasteiger partial charge in [0.05, 0.1) is 12.0 Å². The number of aryl methyl sites for hydroxylation is 1. The number of thiazole rings is 1. The maximum atomic E-state index is 5.07. The van der Waals surface area contributed by atoms with Gasteiger partial charge in [-0.3, -0.25) is 0 Å². The molecule has 0 amide bonds. The first kappa shape index (κ1) is 11.4. The summed E-state index contributed by atoms with van der Waals surface area (Å²) in [6, 6.07) is 2.44. The van der Waals surface area contributed by atoms with Gasteiger partial charge in [-0.25, -0.2) is 4.98 Å². The molecule has 0 aliphatic heterocycles. The molecule has 1 N–H and O–H groups in total. The van der Waals surface area contributed by atoms with Crippen molar-refractivity contribution in [3.8, 4) is 10.6 Å². The Bertz CT molecular complexity index is 446. The number of nitrogens with zero attached hydrogens (tertiary/aromatic N) is 1. The third-order valence-corrected chi connectivity index (χ3v) is 3.54. The van der Waals surface area contributed by atoms with E-state index >= 15 is 0 Å². The van der Waals surface area contributed by atoms with Gasteiger partial charge in [-0.05, 0) is 13.0 Å². The topological polar surface area (TPSA) is 38.1 Å². The van der Waals surface area contributed by atoms with Gasteiger partial charge in [-0.2, -0.15) is 0 Å². The van der Waals surface area contributed by atoms with E-state index in [1.165, 1.54) is 4.88 Å². The van der Waals surface area contributed by atoms with Crippen molar-refractivity contribution in [1.29, 1.82) is 0 Å². The van der Waals surface area contributed by atoms with Gasteiger partial charge in [0, 0.05) is 23.0 Å². The minimum atomic E-state index is 0.499. The molecule has 0 aliphatic carbocycles. The Balaban J connectivity index is 2.16. The average molecular weight is 236 g/mol. The van der Waals surface area contributed by atoms with Crippen molar-refractivity contribution >= 4 is 11.3 Å². The molecule has 86 valence electrons. The molecule has 0 radical (unpaired) electrons. The minimum Gasteiger partial charge on any atom is -0.472 e. The summed E-state index contributed by atoms with van der Waals surface area (Å²) < 4.78 is 5.07. The smallest absolute Gasteiger partial charge is 0.127 e. The minimum absolute atomic E-state index is 0.499. The number of aromatic nitrogens is 1. The highest BCUT2D eigenvalue weighted by Crippen LogP contribution is 2.28. The molecule has 4 heteroatoms. The number of furan rings is 1. The molecular weight excluding hydrogens is 220 g/mol. The van der Waals surface area contributed by atoms with Crippen LogP contribution in [0.4, 0.5) is 0 Å². The summed E-state index contributed by atoms with van der Waals surface area (Å²) in [7, 11) is 0. The van der Waals surface area contributed by atoms with E-state index in [9.17, 15) is 0 Å².